The maximum absolute atomic E-state index is 5.30. The Kier molecular flexibility index (Phi) is 6.06. The second-order valence-electron chi connectivity index (χ2n) is 13.1. The van der Waals surface area contributed by atoms with Gasteiger partial charge < -0.3 is 18.8 Å². The van der Waals surface area contributed by atoms with E-state index in [1.54, 1.807) is 0 Å². The molecule has 0 aliphatic heterocycles. The third-order valence-corrected chi connectivity index (χ3v) is 8.07. The maximum atomic E-state index is 5.30. The van der Waals surface area contributed by atoms with Gasteiger partial charge in [-0.05, 0) is 35.3 Å². The molecule has 0 aliphatic rings. The summed E-state index contributed by atoms with van der Waals surface area (Å²) in [5, 5.41) is 1.87. The number of nitrogens with zero attached hydrogens (tertiary/aromatic N) is 6. The fourth-order valence-electron chi connectivity index (χ4n) is 6.17. The fourth-order valence-corrected chi connectivity index (χ4v) is 6.17. The van der Waals surface area contributed by atoms with Crippen LogP contribution in [-0.4, -0.2) is 28.7 Å². The molecule has 0 spiro atoms. The first-order chi connectivity index (χ1) is 20.1. The Balaban J connectivity index is 0.00000300. The van der Waals surface area contributed by atoms with E-state index in [1.807, 2.05) is 36.4 Å². The van der Waals surface area contributed by atoms with E-state index in [2.05, 4.69) is 99.1 Å². The number of benzene rings is 2. The molecule has 6 nitrogen and oxygen atoms in total. The Hall–Kier alpha value is -4.15. The molecule has 7 heteroatoms. The van der Waals surface area contributed by atoms with Crippen LogP contribution in [0.25, 0.3) is 66.3 Å². The van der Waals surface area contributed by atoms with Gasteiger partial charge in [0.05, 0.1) is 22.4 Å². The molecule has 0 atom stereocenters. The van der Waals surface area contributed by atoms with Crippen LogP contribution in [0.2, 0.25) is 0 Å². The number of rotatable bonds is 1. The minimum absolute atomic E-state index is 0. The summed E-state index contributed by atoms with van der Waals surface area (Å²) >= 11 is 0. The number of pyridine rings is 4. The van der Waals surface area contributed by atoms with Gasteiger partial charge in [0.2, 0.25) is 0 Å². The third kappa shape index (κ3) is 4.03. The van der Waals surface area contributed by atoms with Crippen molar-refractivity contribution >= 4 is 55.2 Å². The van der Waals surface area contributed by atoms with Crippen molar-refractivity contribution in [1.29, 1.82) is 0 Å². The van der Waals surface area contributed by atoms with Crippen molar-refractivity contribution in [3.8, 4) is 11.1 Å². The molecule has 6 aromatic heterocycles. The Morgan fingerprint density at radius 2 is 0.977 bits per heavy atom. The van der Waals surface area contributed by atoms with E-state index in [0.29, 0.717) is 0 Å². The molecular weight excluding hydrogens is 712 g/mol. The number of hydrogen-bond donors (Lipinski definition) is 0. The molecule has 0 saturated carbocycles. The van der Waals surface area contributed by atoms with Crippen molar-refractivity contribution in [2.75, 3.05) is 0 Å². The van der Waals surface area contributed by atoms with E-state index in [9.17, 15) is 0 Å². The second-order valence-corrected chi connectivity index (χ2v) is 13.1. The predicted octanol–water partition coefficient (Wildman–Crippen LogP) is 8.24. The van der Waals surface area contributed by atoms with Gasteiger partial charge in [-0.3, -0.25) is 9.97 Å². The first-order valence-corrected chi connectivity index (χ1v) is 14.3. The zero-order chi connectivity index (χ0) is 29.0. The van der Waals surface area contributed by atoms with E-state index in [4.69, 9.17) is 19.9 Å². The van der Waals surface area contributed by atoms with Crippen LogP contribution in [0.3, 0.4) is 0 Å². The second kappa shape index (κ2) is 9.42. The van der Waals surface area contributed by atoms with Gasteiger partial charge in [0.25, 0.3) is 0 Å². The molecule has 2 aromatic carbocycles. The van der Waals surface area contributed by atoms with Gasteiger partial charge in [-0.1, -0.05) is 52.3 Å². The molecule has 43 heavy (non-hydrogen) atoms. The minimum Gasteiger partial charge on any atom is -0.307 e. The zero-order valence-electron chi connectivity index (χ0n) is 24.9. The zero-order valence-corrected chi connectivity index (χ0v) is 27.2. The number of aromatic nitrogens is 6. The molecule has 0 saturated heterocycles. The molecule has 0 aliphatic carbocycles. The Bertz CT molecular complexity index is 2220. The average molecular weight is 742 g/mol. The van der Waals surface area contributed by atoms with Gasteiger partial charge in [0, 0.05) is 45.4 Å². The van der Waals surface area contributed by atoms with E-state index in [1.165, 1.54) is 0 Å². The van der Waals surface area contributed by atoms with E-state index < -0.39 is 0 Å². The summed E-state index contributed by atoms with van der Waals surface area (Å²) in [6, 6.07) is 27.2. The van der Waals surface area contributed by atoms with Crippen LogP contribution < -0.4 is 0 Å². The summed E-state index contributed by atoms with van der Waals surface area (Å²) in [7, 11) is 0. The van der Waals surface area contributed by atoms with E-state index >= 15 is 0 Å². The molecule has 0 fully saturated rings. The van der Waals surface area contributed by atoms with Gasteiger partial charge >= 0.3 is 21.1 Å². The summed E-state index contributed by atoms with van der Waals surface area (Å²) in [4.78, 5) is 20.8. The number of hydrogen-bond acceptors (Lipinski definition) is 4. The molecule has 214 valence electrons. The average Bonchev–Trinajstić information content (AvgIpc) is 3.55. The standard InChI is InChI=1S/C36H30N6.Pt/c1-35(2,3)31-29-27(23-13-7-9-17-25(23)37-31)39-33-21(15-11-19-41(29)33)22-16-12-20-42-30-28(40-34(22)42)24-14-8-10-18-26(24)38-32(30)36(4,5)6;/h7-12,15-20H,1-6H3;/q-2;+2. The number of fused-ring (bicyclic) bond motifs is 10. The van der Waals surface area contributed by atoms with Crippen molar-refractivity contribution in [1.82, 2.24) is 28.7 Å². The molecule has 0 unspecified atom stereocenters. The van der Waals surface area contributed by atoms with Gasteiger partial charge in [-0.15, -0.1) is 48.5 Å². The fraction of sp³-hybridized carbons (Fsp3) is 0.222. The van der Waals surface area contributed by atoms with Crippen molar-refractivity contribution in [2.24, 2.45) is 0 Å². The molecule has 8 rings (SSSR count). The molecule has 8 aromatic rings. The van der Waals surface area contributed by atoms with Crippen molar-refractivity contribution in [3.63, 3.8) is 0 Å². The Morgan fingerprint density at radius 1 is 0.558 bits per heavy atom. The Labute approximate surface area is 264 Å². The van der Waals surface area contributed by atoms with E-state index in [-0.39, 0.29) is 31.9 Å². The van der Waals surface area contributed by atoms with Gasteiger partial charge in [-0.2, -0.15) is 0 Å². The first-order valence-electron chi connectivity index (χ1n) is 14.3. The monoisotopic (exact) mass is 741 g/mol. The van der Waals surface area contributed by atoms with Crippen LogP contribution in [0.5, 0.6) is 0 Å². The van der Waals surface area contributed by atoms with Crippen molar-refractivity contribution in [3.05, 3.63) is 96.6 Å². The van der Waals surface area contributed by atoms with Gasteiger partial charge in [0.15, 0.2) is 0 Å². The third-order valence-electron chi connectivity index (χ3n) is 8.07. The van der Waals surface area contributed by atoms with Crippen LogP contribution in [0.15, 0.2) is 73.1 Å². The van der Waals surface area contributed by atoms with Crippen LogP contribution in [0.4, 0.5) is 0 Å². The van der Waals surface area contributed by atoms with Gasteiger partial charge in [0.1, 0.15) is 11.3 Å². The first kappa shape index (κ1) is 27.7. The minimum atomic E-state index is -0.178. The van der Waals surface area contributed by atoms with Crippen LogP contribution >= 0.6 is 0 Å². The maximum Gasteiger partial charge on any atom is 2.00 e. The molecule has 6 heterocycles. The molecule has 0 amide bonds. The largest absolute Gasteiger partial charge is 2.00 e. The van der Waals surface area contributed by atoms with E-state index in [0.717, 1.165) is 77.7 Å². The summed E-state index contributed by atoms with van der Waals surface area (Å²) in [6.45, 7) is 13.2. The van der Waals surface area contributed by atoms with Crippen molar-refractivity contribution in [2.45, 2.75) is 52.4 Å². The molecule has 0 radical (unpaired) electrons. The number of imidazole rings is 2. The summed E-state index contributed by atoms with van der Waals surface area (Å²) < 4.78 is 4.38. The molecular formula is C36H30N6Pt. The van der Waals surface area contributed by atoms with Crippen molar-refractivity contribution < 1.29 is 21.1 Å². The van der Waals surface area contributed by atoms with Crippen LogP contribution in [-0.2, 0) is 31.9 Å². The Morgan fingerprint density at radius 3 is 1.37 bits per heavy atom. The van der Waals surface area contributed by atoms with Crippen LogP contribution in [0, 0.1) is 12.1 Å². The van der Waals surface area contributed by atoms with Gasteiger partial charge in [-0.25, -0.2) is 0 Å². The van der Waals surface area contributed by atoms with Crippen LogP contribution in [0.1, 0.15) is 52.9 Å². The quantitative estimate of drug-likeness (QED) is 0.159. The summed E-state index contributed by atoms with van der Waals surface area (Å²) in [5.74, 6) is 0. The predicted molar refractivity (Wildman–Crippen MR) is 170 cm³/mol. The smallest absolute Gasteiger partial charge is 0.307 e. The normalized spacial score (nSPS) is 12.7. The SMILES string of the molecule is CC(C)(C)c1nc2ccc[c-]c2c2nc3c(-c4cccn5c4nc4c6[c-]cccc6nc(C(C)(C)C)c45)cccn3c12.[Pt+2]. The molecule has 0 N–H and O–H groups in total. The summed E-state index contributed by atoms with van der Waals surface area (Å²) in [5.41, 5.74) is 11.1. The summed E-state index contributed by atoms with van der Waals surface area (Å²) in [6.07, 6.45) is 4.18. The topological polar surface area (TPSA) is 60.4 Å². The molecule has 0 bridgehead atoms.